The molecule has 4 rings (SSSR count). The average molecular weight is 344 g/mol. The molecule has 3 aliphatic rings. The van der Waals surface area contributed by atoms with E-state index in [1.54, 1.807) is 0 Å². The third-order valence-electron chi connectivity index (χ3n) is 5.55. The van der Waals surface area contributed by atoms with Crippen LogP contribution >= 0.6 is 0 Å². The van der Waals surface area contributed by atoms with E-state index < -0.39 is 0 Å². The molecule has 25 heavy (non-hydrogen) atoms. The van der Waals surface area contributed by atoms with Gasteiger partial charge >= 0.3 is 0 Å². The predicted octanol–water partition coefficient (Wildman–Crippen LogP) is 2.06. The maximum atomic E-state index is 5.69. The lowest BCUT2D eigenvalue weighted by atomic mass is 9.87. The molecule has 1 aromatic heterocycles. The Morgan fingerprint density at radius 2 is 2.36 bits per heavy atom. The molecule has 3 heterocycles. The van der Waals surface area contributed by atoms with Gasteiger partial charge in [0.15, 0.2) is 5.96 Å². The Hall–Kier alpha value is -1.82. The van der Waals surface area contributed by atoms with Crippen LogP contribution in [0.4, 0.5) is 0 Å². The lowest BCUT2D eigenvalue weighted by Crippen LogP contribution is -2.41. The summed E-state index contributed by atoms with van der Waals surface area (Å²) in [6.07, 6.45) is 6.85. The second-order valence-electron chi connectivity index (χ2n) is 7.63. The third kappa shape index (κ3) is 4.06. The second kappa shape index (κ2) is 7.20. The van der Waals surface area contributed by atoms with Gasteiger partial charge in [-0.15, -0.1) is 0 Å². The minimum atomic E-state index is 0.347. The fourth-order valence-corrected chi connectivity index (χ4v) is 3.69. The summed E-state index contributed by atoms with van der Waals surface area (Å²) in [6, 6.07) is 4.04. The minimum Gasteiger partial charge on any atom is -0.477 e. The molecule has 6 nitrogen and oxygen atoms in total. The number of aliphatic imine (C=N–C) groups is 1. The summed E-state index contributed by atoms with van der Waals surface area (Å²) in [4.78, 5) is 11.2. The number of guanidine groups is 1. The first-order chi connectivity index (χ1) is 12.3. The van der Waals surface area contributed by atoms with Crippen molar-refractivity contribution < 1.29 is 9.47 Å². The molecule has 1 atom stereocenters. The standard InChI is InChI=1S/C19H28N4O2/c1-20-18(23-8-6-19(13-23)7-9-24-14-19)22-11-16-4-5-17(21-10-16)25-12-15-2-3-15/h4-5,10,15H,2-3,6-9,11-14H2,1H3,(H,20,22). The van der Waals surface area contributed by atoms with Crippen LogP contribution in [0.5, 0.6) is 5.88 Å². The first kappa shape index (κ1) is 16.6. The van der Waals surface area contributed by atoms with E-state index in [9.17, 15) is 0 Å². The SMILES string of the molecule is CN=C(NCc1ccc(OCC2CC2)nc1)N1CCC2(CCOC2)C1. The normalized spacial score (nSPS) is 26.4. The summed E-state index contributed by atoms with van der Waals surface area (Å²) in [7, 11) is 1.85. The van der Waals surface area contributed by atoms with Gasteiger partial charge in [-0.3, -0.25) is 4.99 Å². The maximum Gasteiger partial charge on any atom is 0.213 e. The highest BCUT2D eigenvalue weighted by atomic mass is 16.5. The van der Waals surface area contributed by atoms with Gasteiger partial charge in [0.05, 0.1) is 13.2 Å². The maximum absolute atomic E-state index is 5.69. The van der Waals surface area contributed by atoms with E-state index in [0.717, 1.165) is 62.8 Å². The van der Waals surface area contributed by atoms with Crippen molar-refractivity contribution in [2.75, 3.05) is 40.0 Å². The lowest BCUT2D eigenvalue weighted by molar-refractivity contribution is 0.156. The molecule has 0 bridgehead atoms. The molecule has 1 spiro atoms. The average Bonchev–Trinajstić information content (AvgIpc) is 3.22. The molecule has 1 saturated carbocycles. The van der Waals surface area contributed by atoms with Gasteiger partial charge in [0, 0.05) is 51.0 Å². The number of likely N-dealkylation sites (tertiary alicyclic amines) is 1. The van der Waals surface area contributed by atoms with Gasteiger partial charge in [0.1, 0.15) is 0 Å². The molecule has 1 N–H and O–H groups in total. The van der Waals surface area contributed by atoms with Crippen molar-refractivity contribution in [1.29, 1.82) is 0 Å². The van der Waals surface area contributed by atoms with Crippen molar-refractivity contribution in [2.45, 2.75) is 32.2 Å². The quantitative estimate of drug-likeness (QED) is 0.654. The highest BCUT2D eigenvalue weighted by molar-refractivity contribution is 5.80. The topological polar surface area (TPSA) is 59.0 Å². The highest BCUT2D eigenvalue weighted by Crippen LogP contribution is 2.38. The van der Waals surface area contributed by atoms with Crippen LogP contribution in [0.15, 0.2) is 23.3 Å². The molecule has 1 unspecified atom stereocenters. The number of rotatable bonds is 5. The van der Waals surface area contributed by atoms with Gasteiger partial charge in [0.25, 0.3) is 0 Å². The van der Waals surface area contributed by atoms with Crippen LogP contribution in [-0.2, 0) is 11.3 Å². The monoisotopic (exact) mass is 344 g/mol. The Labute approximate surface area is 149 Å². The molecular weight excluding hydrogens is 316 g/mol. The van der Waals surface area contributed by atoms with Gasteiger partial charge in [0.2, 0.25) is 5.88 Å². The molecular formula is C19H28N4O2. The number of nitrogens with one attached hydrogen (secondary N) is 1. The van der Waals surface area contributed by atoms with Crippen LogP contribution < -0.4 is 10.1 Å². The summed E-state index contributed by atoms with van der Waals surface area (Å²) in [6.45, 7) is 5.42. The van der Waals surface area contributed by atoms with Crippen molar-refractivity contribution >= 4 is 5.96 Å². The number of hydrogen-bond acceptors (Lipinski definition) is 4. The summed E-state index contributed by atoms with van der Waals surface area (Å²) in [5.41, 5.74) is 1.48. The van der Waals surface area contributed by atoms with Crippen LogP contribution in [0.25, 0.3) is 0 Å². The van der Waals surface area contributed by atoms with E-state index in [4.69, 9.17) is 9.47 Å². The highest BCUT2D eigenvalue weighted by Gasteiger charge is 2.42. The van der Waals surface area contributed by atoms with Gasteiger partial charge in [-0.2, -0.15) is 0 Å². The van der Waals surface area contributed by atoms with Crippen molar-refractivity contribution in [3.63, 3.8) is 0 Å². The molecule has 2 saturated heterocycles. The number of hydrogen-bond donors (Lipinski definition) is 1. The van der Waals surface area contributed by atoms with E-state index in [1.165, 1.54) is 25.7 Å². The number of nitrogens with zero attached hydrogens (tertiary/aromatic N) is 3. The molecule has 1 aromatic rings. The zero-order valence-electron chi connectivity index (χ0n) is 15.0. The van der Waals surface area contributed by atoms with Crippen molar-refractivity contribution in [3.05, 3.63) is 23.9 Å². The molecule has 0 radical (unpaired) electrons. The number of pyridine rings is 1. The van der Waals surface area contributed by atoms with E-state index >= 15 is 0 Å². The van der Waals surface area contributed by atoms with Gasteiger partial charge < -0.3 is 19.7 Å². The van der Waals surface area contributed by atoms with Crippen molar-refractivity contribution in [3.8, 4) is 5.88 Å². The smallest absolute Gasteiger partial charge is 0.213 e. The fourth-order valence-electron chi connectivity index (χ4n) is 3.69. The van der Waals surface area contributed by atoms with Gasteiger partial charge in [-0.25, -0.2) is 4.98 Å². The molecule has 136 valence electrons. The third-order valence-corrected chi connectivity index (χ3v) is 5.55. The summed E-state index contributed by atoms with van der Waals surface area (Å²) in [5.74, 6) is 2.45. The van der Waals surface area contributed by atoms with Crippen LogP contribution in [0, 0.1) is 11.3 Å². The predicted molar refractivity (Wildman–Crippen MR) is 96.7 cm³/mol. The van der Waals surface area contributed by atoms with E-state index in [-0.39, 0.29) is 0 Å². The van der Waals surface area contributed by atoms with Crippen LogP contribution in [0.2, 0.25) is 0 Å². The Morgan fingerprint density at radius 1 is 1.44 bits per heavy atom. The number of ether oxygens (including phenoxy) is 2. The minimum absolute atomic E-state index is 0.347. The number of aromatic nitrogens is 1. The first-order valence-electron chi connectivity index (χ1n) is 9.37. The molecule has 0 aromatic carbocycles. The second-order valence-corrected chi connectivity index (χ2v) is 7.63. The molecule has 1 aliphatic carbocycles. The Kier molecular flexibility index (Phi) is 4.79. The Balaban J connectivity index is 1.27. The molecule has 0 amide bonds. The summed E-state index contributed by atoms with van der Waals surface area (Å²) in [5, 5.41) is 3.47. The van der Waals surface area contributed by atoms with Crippen LogP contribution in [0.3, 0.4) is 0 Å². The summed E-state index contributed by atoms with van der Waals surface area (Å²) < 4.78 is 11.3. The molecule has 3 fully saturated rings. The first-order valence-corrected chi connectivity index (χ1v) is 9.37. The zero-order chi connectivity index (χ0) is 17.1. The van der Waals surface area contributed by atoms with E-state index in [1.807, 2.05) is 19.3 Å². The largest absolute Gasteiger partial charge is 0.477 e. The van der Waals surface area contributed by atoms with Crippen molar-refractivity contribution in [2.24, 2.45) is 16.3 Å². The van der Waals surface area contributed by atoms with E-state index in [2.05, 4.69) is 26.3 Å². The molecule has 6 heteroatoms. The van der Waals surface area contributed by atoms with Crippen LogP contribution in [0.1, 0.15) is 31.2 Å². The Bertz CT molecular complexity index is 606. The summed E-state index contributed by atoms with van der Waals surface area (Å²) >= 11 is 0. The van der Waals surface area contributed by atoms with Gasteiger partial charge in [-0.1, -0.05) is 6.07 Å². The lowest BCUT2D eigenvalue weighted by Gasteiger charge is -2.25. The van der Waals surface area contributed by atoms with E-state index in [0.29, 0.717) is 5.41 Å². The van der Waals surface area contributed by atoms with Crippen molar-refractivity contribution in [1.82, 2.24) is 15.2 Å². The molecule has 2 aliphatic heterocycles. The fraction of sp³-hybridized carbons (Fsp3) is 0.684. The van der Waals surface area contributed by atoms with Crippen LogP contribution in [-0.4, -0.2) is 55.8 Å². The van der Waals surface area contributed by atoms with Gasteiger partial charge in [-0.05, 0) is 37.2 Å². The Morgan fingerprint density at radius 3 is 3.04 bits per heavy atom. The zero-order valence-corrected chi connectivity index (χ0v) is 15.0.